The molecule has 2 heterocycles. The Balaban J connectivity index is 2.16. The smallest absolute Gasteiger partial charge is 0.410 e. The average Bonchev–Trinajstić information content (AvgIpc) is 2.52. The number of carboxylic acids is 1. The van der Waals surface area contributed by atoms with Crippen molar-refractivity contribution in [1.82, 2.24) is 14.9 Å². The van der Waals surface area contributed by atoms with Crippen molar-refractivity contribution in [3.8, 4) is 0 Å². The Labute approximate surface area is 145 Å². The highest BCUT2D eigenvalue weighted by atomic mass is 32.2. The number of carbonyl (C=O) groups excluding carboxylic acids is 1. The highest BCUT2D eigenvalue weighted by molar-refractivity contribution is 7.98. The van der Waals surface area contributed by atoms with E-state index < -0.39 is 23.7 Å². The van der Waals surface area contributed by atoms with Gasteiger partial charge in [-0.25, -0.2) is 19.6 Å². The zero-order valence-corrected chi connectivity index (χ0v) is 15.0. The quantitative estimate of drug-likeness (QED) is 0.647. The van der Waals surface area contributed by atoms with Crippen LogP contribution in [0.25, 0.3) is 0 Å². The first kappa shape index (κ1) is 18.3. The normalized spacial score (nSPS) is 18.4. The molecular weight excluding hydrogens is 332 g/mol. The number of aromatic nitrogens is 2. The number of nitrogens with zero attached hydrogens (tertiary/aromatic N) is 4. The maximum atomic E-state index is 12.2. The molecule has 0 spiro atoms. The minimum Gasteiger partial charge on any atom is -0.480 e. The summed E-state index contributed by atoms with van der Waals surface area (Å²) in [7, 11) is 0. The molecule has 1 aromatic heterocycles. The molecule has 0 unspecified atom stereocenters. The molecule has 0 radical (unpaired) electrons. The van der Waals surface area contributed by atoms with Crippen LogP contribution in [0.1, 0.15) is 20.8 Å². The molecule has 24 heavy (non-hydrogen) atoms. The molecule has 1 aliphatic rings. The Morgan fingerprint density at radius 2 is 2.08 bits per heavy atom. The zero-order valence-electron chi connectivity index (χ0n) is 14.2. The summed E-state index contributed by atoms with van der Waals surface area (Å²) in [5.41, 5.74) is -0.618. The van der Waals surface area contributed by atoms with Crippen LogP contribution in [0.2, 0.25) is 0 Å². The predicted octanol–water partition coefficient (Wildman–Crippen LogP) is 1.71. The van der Waals surface area contributed by atoms with Gasteiger partial charge in [-0.05, 0) is 33.1 Å². The van der Waals surface area contributed by atoms with Crippen molar-refractivity contribution in [2.24, 2.45) is 0 Å². The first-order chi connectivity index (χ1) is 11.2. The van der Waals surface area contributed by atoms with Crippen molar-refractivity contribution in [3.63, 3.8) is 0 Å². The lowest BCUT2D eigenvalue weighted by Gasteiger charge is -2.40. The standard InChI is InChI=1S/C15H22N4O4S/c1-15(2,3)23-14(22)18-7-8-19(10(9-18)12(20)21)11-5-6-16-13(17-11)24-4/h5-6,10H,7-9H2,1-4H3,(H,20,21)/t10-/m1/s1. The molecule has 132 valence electrons. The van der Waals surface area contributed by atoms with Crippen LogP contribution in [-0.2, 0) is 9.53 Å². The van der Waals surface area contributed by atoms with Gasteiger partial charge in [-0.15, -0.1) is 0 Å². The van der Waals surface area contributed by atoms with Gasteiger partial charge in [-0.1, -0.05) is 11.8 Å². The van der Waals surface area contributed by atoms with E-state index in [-0.39, 0.29) is 6.54 Å². The lowest BCUT2D eigenvalue weighted by Crippen LogP contribution is -2.58. The molecule has 8 nitrogen and oxygen atoms in total. The molecule has 2 rings (SSSR count). The van der Waals surface area contributed by atoms with E-state index in [1.807, 2.05) is 6.26 Å². The van der Waals surface area contributed by atoms with Crippen LogP contribution in [0.4, 0.5) is 10.6 Å². The lowest BCUT2D eigenvalue weighted by molar-refractivity contribution is -0.139. The number of thioether (sulfide) groups is 1. The number of anilines is 1. The number of carboxylic acid groups (broad SMARTS) is 1. The van der Waals surface area contributed by atoms with E-state index in [2.05, 4.69) is 9.97 Å². The number of amides is 1. The Kier molecular flexibility index (Phi) is 5.53. The van der Waals surface area contributed by atoms with Gasteiger partial charge in [0.2, 0.25) is 0 Å². The van der Waals surface area contributed by atoms with Gasteiger partial charge in [0.1, 0.15) is 17.5 Å². The monoisotopic (exact) mass is 354 g/mol. The van der Waals surface area contributed by atoms with Gasteiger partial charge in [0.05, 0.1) is 6.54 Å². The van der Waals surface area contributed by atoms with E-state index in [0.717, 1.165) is 0 Å². The van der Waals surface area contributed by atoms with E-state index in [1.165, 1.54) is 16.7 Å². The number of piperazine rings is 1. The summed E-state index contributed by atoms with van der Waals surface area (Å²) >= 11 is 1.39. The molecule has 1 N–H and O–H groups in total. The van der Waals surface area contributed by atoms with Crippen molar-refractivity contribution in [2.45, 2.75) is 37.6 Å². The summed E-state index contributed by atoms with van der Waals surface area (Å²) in [6.07, 6.45) is 2.96. The Hall–Kier alpha value is -2.03. The lowest BCUT2D eigenvalue weighted by atomic mass is 10.1. The van der Waals surface area contributed by atoms with Gasteiger partial charge < -0.3 is 19.6 Å². The van der Waals surface area contributed by atoms with Crippen LogP contribution in [0.5, 0.6) is 0 Å². The van der Waals surface area contributed by atoms with E-state index in [4.69, 9.17) is 4.74 Å². The maximum absolute atomic E-state index is 12.2. The summed E-state index contributed by atoms with van der Waals surface area (Å²) in [5, 5.41) is 10.1. The topological polar surface area (TPSA) is 95.9 Å². The summed E-state index contributed by atoms with van der Waals surface area (Å²) < 4.78 is 5.33. The van der Waals surface area contributed by atoms with Gasteiger partial charge in [0, 0.05) is 19.3 Å². The molecule has 0 bridgehead atoms. The largest absolute Gasteiger partial charge is 0.480 e. The van der Waals surface area contributed by atoms with E-state index in [0.29, 0.717) is 24.1 Å². The summed E-state index contributed by atoms with van der Waals surface area (Å²) in [6, 6.07) is 0.801. The fourth-order valence-corrected chi connectivity index (χ4v) is 2.70. The van der Waals surface area contributed by atoms with Gasteiger partial charge >= 0.3 is 12.1 Å². The molecule has 1 atom stereocenters. The predicted molar refractivity (Wildman–Crippen MR) is 90.4 cm³/mol. The fraction of sp³-hybridized carbons (Fsp3) is 0.600. The molecule has 1 amide bonds. The maximum Gasteiger partial charge on any atom is 0.410 e. The number of ether oxygens (including phenoxy) is 1. The molecule has 0 aliphatic carbocycles. The molecule has 0 saturated carbocycles. The third-order valence-electron chi connectivity index (χ3n) is 3.41. The summed E-state index contributed by atoms with van der Waals surface area (Å²) in [4.78, 5) is 35.4. The highest BCUT2D eigenvalue weighted by Crippen LogP contribution is 2.22. The zero-order chi connectivity index (χ0) is 17.9. The third-order valence-corrected chi connectivity index (χ3v) is 3.97. The first-order valence-corrected chi connectivity index (χ1v) is 8.78. The van der Waals surface area contributed by atoms with E-state index in [9.17, 15) is 14.7 Å². The molecule has 1 aliphatic heterocycles. The van der Waals surface area contributed by atoms with Gasteiger partial charge in [-0.2, -0.15) is 0 Å². The van der Waals surface area contributed by atoms with Crippen LogP contribution in [-0.4, -0.2) is 69.6 Å². The Morgan fingerprint density at radius 3 is 2.67 bits per heavy atom. The second-order valence-corrected chi connectivity index (χ2v) is 7.15. The molecule has 1 saturated heterocycles. The van der Waals surface area contributed by atoms with Crippen molar-refractivity contribution < 1.29 is 19.4 Å². The minimum absolute atomic E-state index is 0.0445. The second kappa shape index (κ2) is 7.25. The van der Waals surface area contributed by atoms with Crippen LogP contribution >= 0.6 is 11.8 Å². The molecule has 1 aromatic rings. The number of aliphatic carboxylic acids is 1. The van der Waals surface area contributed by atoms with Crippen LogP contribution < -0.4 is 4.90 Å². The third kappa shape index (κ3) is 4.50. The van der Waals surface area contributed by atoms with Gasteiger partial charge in [0.15, 0.2) is 5.16 Å². The van der Waals surface area contributed by atoms with Gasteiger partial charge in [-0.3, -0.25) is 0 Å². The number of hydrogen-bond acceptors (Lipinski definition) is 7. The van der Waals surface area contributed by atoms with Crippen molar-refractivity contribution in [1.29, 1.82) is 0 Å². The Bertz CT molecular complexity index is 620. The van der Waals surface area contributed by atoms with E-state index >= 15 is 0 Å². The van der Waals surface area contributed by atoms with Crippen LogP contribution in [0.15, 0.2) is 17.4 Å². The van der Waals surface area contributed by atoms with Gasteiger partial charge in [0.25, 0.3) is 0 Å². The number of carbonyl (C=O) groups is 2. The molecule has 0 aromatic carbocycles. The fourth-order valence-electron chi connectivity index (χ4n) is 2.35. The summed E-state index contributed by atoms with van der Waals surface area (Å²) in [5.74, 6) is -0.460. The second-order valence-electron chi connectivity index (χ2n) is 6.38. The van der Waals surface area contributed by atoms with Crippen LogP contribution in [0.3, 0.4) is 0 Å². The Morgan fingerprint density at radius 1 is 1.38 bits per heavy atom. The number of rotatable bonds is 3. The molecular formula is C15H22N4O4S. The molecule has 9 heteroatoms. The van der Waals surface area contributed by atoms with Crippen LogP contribution in [0, 0.1) is 0 Å². The van der Waals surface area contributed by atoms with Crippen molar-refractivity contribution in [2.75, 3.05) is 30.8 Å². The van der Waals surface area contributed by atoms with E-state index in [1.54, 1.807) is 37.9 Å². The SMILES string of the molecule is CSc1nccc(N2CCN(C(=O)OC(C)(C)C)C[C@@H]2C(=O)O)n1. The minimum atomic E-state index is -1.01. The summed E-state index contributed by atoms with van der Waals surface area (Å²) in [6.45, 7) is 6.11. The molecule has 1 fully saturated rings. The highest BCUT2D eigenvalue weighted by Gasteiger charge is 2.36. The van der Waals surface area contributed by atoms with Crippen molar-refractivity contribution in [3.05, 3.63) is 12.3 Å². The first-order valence-electron chi connectivity index (χ1n) is 7.55. The number of hydrogen-bond donors (Lipinski definition) is 1. The van der Waals surface area contributed by atoms with Crippen molar-refractivity contribution >= 4 is 29.6 Å². The average molecular weight is 354 g/mol.